The fraction of sp³-hybridized carbons (Fsp3) is 0.0909. The molecule has 1 amide bonds. The largest absolute Gasteiger partial charge is 0.342 e. The first kappa shape index (κ1) is 30.6. The predicted molar refractivity (Wildman–Crippen MR) is 169 cm³/mol. The van der Waals surface area contributed by atoms with E-state index in [0.717, 1.165) is 16.3 Å². The number of ketones is 1. The molecular weight excluding hydrogens is 599 g/mol. The molecule has 44 heavy (non-hydrogen) atoms. The number of fused-ring (bicyclic) bond motifs is 1. The van der Waals surface area contributed by atoms with Gasteiger partial charge in [-0.3, -0.25) is 14.3 Å². The molecule has 0 aliphatic carbocycles. The summed E-state index contributed by atoms with van der Waals surface area (Å²) in [6.45, 7) is -0.541. The highest BCUT2D eigenvalue weighted by Gasteiger charge is 2.25. The van der Waals surface area contributed by atoms with E-state index in [9.17, 15) is 26.4 Å². The molecule has 5 aromatic carbocycles. The minimum absolute atomic E-state index is 0.0133. The molecule has 3 N–H and O–H groups in total. The molecule has 1 atom stereocenters. The monoisotopic (exact) mass is 627 g/mol. The van der Waals surface area contributed by atoms with Crippen molar-refractivity contribution in [2.45, 2.75) is 22.3 Å². The van der Waals surface area contributed by atoms with Crippen molar-refractivity contribution in [3.05, 3.63) is 139 Å². The Bertz CT molecular complexity index is 2020. The summed E-state index contributed by atoms with van der Waals surface area (Å²) in [4.78, 5) is 26.7. The predicted octanol–water partition coefficient (Wildman–Crippen LogP) is 4.53. The first-order valence-corrected chi connectivity index (χ1v) is 16.6. The number of hydrogen-bond donors (Lipinski definition) is 3. The summed E-state index contributed by atoms with van der Waals surface area (Å²) >= 11 is 0. The van der Waals surface area contributed by atoms with Gasteiger partial charge in [-0.1, -0.05) is 84.9 Å². The molecular formula is C33H29N3O6S2. The van der Waals surface area contributed by atoms with Crippen molar-refractivity contribution in [3.8, 4) is 0 Å². The Morgan fingerprint density at radius 2 is 1.27 bits per heavy atom. The van der Waals surface area contributed by atoms with E-state index in [4.69, 9.17) is 0 Å². The van der Waals surface area contributed by atoms with Crippen LogP contribution in [0.4, 0.5) is 5.69 Å². The maximum absolute atomic E-state index is 13.3. The number of Topliss-reactive ketones (excluding diaryl/α,β-unsaturated/α-hetero) is 1. The number of benzene rings is 5. The van der Waals surface area contributed by atoms with Crippen LogP contribution in [0.2, 0.25) is 0 Å². The van der Waals surface area contributed by atoms with Crippen LogP contribution in [0.3, 0.4) is 0 Å². The average Bonchev–Trinajstić information content (AvgIpc) is 3.04. The Kier molecular flexibility index (Phi) is 9.19. The van der Waals surface area contributed by atoms with Crippen molar-refractivity contribution < 1.29 is 26.4 Å². The number of rotatable bonds is 12. The fourth-order valence-corrected chi connectivity index (χ4v) is 6.68. The summed E-state index contributed by atoms with van der Waals surface area (Å²) in [5.74, 6) is -1.17. The molecule has 11 heteroatoms. The highest BCUT2D eigenvalue weighted by molar-refractivity contribution is 7.92. The summed E-state index contributed by atoms with van der Waals surface area (Å²) in [6, 6.07) is 33.7. The molecule has 0 fully saturated rings. The first-order chi connectivity index (χ1) is 21.1. The number of amides is 1. The SMILES string of the molecule is O=C(N[C@@H](Cc1ccccc1)C(=O)CNS(=O)(=O)c1ccccc1)c1cccc(NS(=O)(=O)c2ccc3ccccc3c2)c1. The lowest BCUT2D eigenvalue weighted by molar-refractivity contribution is -0.119. The molecule has 0 saturated carbocycles. The first-order valence-electron chi connectivity index (χ1n) is 13.6. The van der Waals surface area contributed by atoms with Crippen LogP contribution in [0.15, 0.2) is 137 Å². The Morgan fingerprint density at radius 3 is 2.00 bits per heavy atom. The maximum Gasteiger partial charge on any atom is 0.261 e. The van der Waals surface area contributed by atoms with Crippen LogP contribution >= 0.6 is 0 Å². The van der Waals surface area contributed by atoms with Gasteiger partial charge in [0, 0.05) is 11.3 Å². The van der Waals surface area contributed by atoms with E-state index in [1.165, 1.54) is 42.5 Å². The molecule has 0 aliphatic rings. The third kappa shape index (κ3) is 7.56. The van der Waals surface area contributed by atoms with E-state index in [2.05, 4.69) is 14.8 Å². The zero-order valence-electron chi connectivity index (χ0n) is 23.4. The number of carbonyl (C=O) groups is 2. The van der Waals surface area contributed by atoms with Crippen molar-refractivity contribution in [1.29, 1.82) is 0 Å². The Balaban J connectivity index is 1.32. The van der Waals surface area contributed by atoms with Crippen molar-refractivity contribution in [1.82, 2.24) is 10.0 Å². The normalized spacial score (nSPS) is 12.4. The number of anilines is 1. The van der Waals surface area contributed by atoms with Gasteiger partial charge in [-0.05, 0) is 65.2 Å². The van der Waals surface area contributed by atoms with Gasteiger partial charge in [0.1, 0.15) is 0 Å². The van der Waals surface area contributed by atoms with Gasteiger partial charge < -0.3 is 5.32 Å². The van der Waals surface area contributed by atoms with Crippen LogP contribution in [0.25, 0.3) is 10.8 Å². The third-order valence-electron chi connectivity index (χ3n) is 6.87. The molecule has 0 radical (unpaired) electrons. The number of sulfonamides is 2. The molecule has 0 spiro atoms. The Morgan fingerprint density at radius 1 is 0.614 bits per heavy atom. The second-order valence-corrected chi connectivity index (χ2v) is 13.5. The van der Waals surface area contributed by atoms with Crippen molar-refractivity contribution in [2.75, 3.05) is 11.3 Å². The van der Waals surface area contributed by atoms with Crippen LogP contribution in [0.5, 0.6) is 0 Å². The van der Waals surface area contributed by atoms with Crippen LogP contribution in [-0.2, 0) is 31.3 Å². The number of carbonyl (C=O) groups excluding carboxylic acids is 2. The molecule has 0 aromatic heterocycles. The van der Waals surface area contributed by atoms with Crippen molar-refractivity contribution in [3.63, 3.8) is 0 Å². The molecule has 5 aromatic rings. The van der Waals surface area contributed by atoms with Gasteiger partial charge in [-0.25, -0.2) is 21.6 Å². The minimum Gasteiger partial charge on any atom is -0.342 e. The highest BCUT2D eigenvalue weighted by Crippen LogP contribution is 2.22. The lowest BCUT2D eigenvalue weighted by Crippen LogP contribution is -2.46. The lowest BCUT2D eigenvalue weighted by atomic mass is 10.0. The van der Waals surface area contributed by atoms with Crippen LogP contribution in [0.1, 0.15) is 15.9 Å². The van der Waals surface area contributed by atoms with Gasteiger partial charge in [-0.15, -0.1) is 0 Å². The van der Waals surface area contributed by atoms with E-state index < -0.39 is 44.3 Å². The van der Waals surface area contributed by atoms with Gasteiger partial charge in [0.25, 0.3) is 15.9 Å². The van der Waals surface area contributed by atoms with Crippen molar-refractivity contribution >= 4 is 48.2 Å². The molecule has 0 bridgehead atoms. The van der Waals surface area contributed by atoms with Crippen LogP contribution in [-0.4, -0.2) is 41.1 Å². The summed E-state index contributed by atoms with van der Waals surface area (Å²) in [5, 5.41) is 4.37. The molecule has 224 valence electrons. The summed E-state index contributed by atoms with van der Waals surface area (Å²) in [6.07, 6.45) is 0.118. The quantitative estimate of drug-likeness (QED) is 0.186. The number of hydrogen-bond acceptors (Lipinski definition) is 6. The van der Waals surface area contributed by atoms with Gasteiger partial charge in [0.05, 0.1) is 22.4 Å². The Labute approximate surface area is 256 Å². The topological polar surface area (TPSA) is 139 Å². The van der Waals surface area contributed by atoms with Gasteiger partial charge in [0.15, 0.2) is 5.78 Å². The molecule has 0 saturated heterocycles. The smallest absolute Gasteiger partial charge is 0.261 e. The minimum atomic E-state index is -3.97. The van der Waals surface area contributed by atoms with E-state index in [1.807, 2.05) is 30.3 Å². The van der Waals surface area contributed by atoms with Gasteiger partial charge in [-0.2, -0.15) is 0 Å². The van der Waals surface area contributed by atoms with Gasteiger partial charge >= 0.3 is 0 Å². The van der Waals surface area contributed by atoms with E-state index in [-0.39, 0.29) is 27.5 Å². The van der Waals surface area contributed by atoms with E-state index in [0.29, 0.717) is 0 Å². The molecule has 0 unspecified atom stereocenters. The second kappa shape index (κ2) is 13.2. The van der Waals surface area contributed by atoms with E-state index >= 15 is 0 Å². The van der Waals surface area contributed by atoms with Crippen molar-refractivity contribution in [2.24, 2.45) is 0 Å². The standard InChI is InChI=1S/C33H29N3O6S2/c37-32(23-34-43(39,40)29-16-5-2-6-17-29)31(20-24-10-3-1-4-11-24)35-33(38)27-14-9-15-28(21-27)36-44(41,42)30-19-18-25-12-7-8-13-26(25)22-30/h1-19,21-22,31,34,36H,20,23H2,(H,35,38)/t31-/m0/s1. The van der Waals surface area contributed by atoms with Gasteiger partial charge in [0.2, 0.25) is 10.0 Å². The molecule has 0 aliphatic heterocycles. The number of nitrogens with one attached hydrogen (secondary N) is 3. The zero-order chi connectivity index (χ0) is 31.2. The highest BCUT2D eigenvalue weighted by atomic mass is 32.2. The summed E-state index contributed by atoms with van der Waals surface area (Å²) < 4.78 is 56.4. The average molecular weight is 628 g/mol. The van der Waals surface area contributed by atoms with Crippen LogP contribution in [0, 0.1) is 0 Å². The lowest BCUT2D eigenvalue weighted by Gasteiger charge is -2.19. The molecule has 5 rings (SSSR count). The van der Waals surface area contributed by atoms with E-state index in [1.54, 1.807) is 54.6 Å². The Hall–Kier alpha value is -4.84. The third-order valence-corrected chi connectivity index (χ3v) is 9.67. The molecule has 0 heterocycles. The fourth-order valence-electron chi connectivity index (χ4n) is 4.58. The molecule has 9 nitrogen and oxygen atoms in total. The summed E-state index contributed by atoms with van der Waals surface area (Å²) in [7, 11) is -7.92. The maximum atomic E-state index is 13.3. The van der Waals surface area contributed by atoms with Crippen LogP contribution < -0.4 is 14.8 Å². The zero-order valence-corrected chi connectivity index (χ0v) is 25.0. The summed E-state index contributed by atoms with van der Waals surface area (Å²) in [5.41, 5.74) is 1.03. The second-order valence-electron chi connectivity index (χ2n) is 10.0.